The Bertz CT molecular complexity index is 465. The van der Waals surface area contributed by atoms with Gasteiger partial charge in [-0.2, -0.15) is 0 Å². The van der Waals surface area contributed by atoms with Crippen LogP contribution in [0.1, 0.15) is 44.1 Å². The zero-order valence-corrected chi connectivity index (χ0v) is 11.5. The van der Waals surface area contributed by atoms with Crippen LogP contribution in [0.15, 0.2) is 18.2 Å². The van der Waals surface area contributed by atoms with Gasteiger partial charge in [0.1, 0.15) is 11.4 Å². The van der Waals surface area contributed by atoms with Crippen LogP contribution in [0.25, 0.3) is 0 Å². The van der Waals surface area contributed by atoms with Crippen molar-refractivity contribution in [2.24, 2.45) is 0 Å². The van der Waals surface area contributed by atoms with E-state index in [0.717, 1.165) is 25.7 Å². The monoisotopic (exact) mass is 284 g/mol. The van der Waals surface area contributed by atoms with Crippen LogP contribution >= 0.6 is 11.6 Å². The minimum Gasteiger partial charge on any atom is -0.382 e. The van der Waals surface area contributed by atoms with Gasteiger partial charge in [-0.15, -0.1) is 0 Å². The zero-order chi connectivity index (χ0) is 13.9. The van der Waals surface area contributed by atoms with E-state index in [1.807, 2.05) is 0 Å². The highest BCUT2D eigenvalue weighted by Crippen LogP contribution is 2.29. The summed E-state index contributed by atoms with van der Waals surface area (Å²) in [7, 11) is 0. The highest BCUT2D eigenvalue weighted by molar-refractivity contribution is 6.30. The molecule has 0 bridgehead atoms. The largest absolute Gasteiger partial charge is 0.382 e. The fraction of sp³-hybridized carbons (Fsp3) is 0.533. The summed E-state index contributed by atoms with van der Waals surface area (Å²) in [4.78, 5) is 12.2. The Labute approximate surface area is 117 Å². The van der Waals surface area contributed by atoms with E-state index < -0.39 is 11.4 Å². The van der Waals surface area contributed by atoms with E-state index in [4.69, 9.17) is 11.6 Å². The molecule has 4 heteroatoms. The smallest absolute Gasteiger partial charge is 0.168 e. The minimum absolute atomic E-state index is 0.0122. The fourth-order valence-corrected chi connectivity index (χ4v) is 2.81. The first-order chi connectivity index (χ1) is 9.03. The number of Topliss-reactive ketones (excluding diaryl/α,β-unsaturated/α-hetero) is 1. The molecule has 0 saturated heterocycles. The molecule has 1 aliphatic rings. The molecule has 1 saturated carbocycles. The molecule has 2 rings (SSSR count). The van der Waals surface area contributed by atoms with Crippen LogP contribution in [0.5, 0.6) is 0 Å². The Morgan fingerprint density at radius 2 is 1.89 bits per heavy atom. The molecule has 0 atom stereocenters. The Kier molecular flexibility index (Phi) is 4.58. The van der Waals surface area contributed by atoms with Gasteiger partial charge in [-0.3, -0.25) is 4.79 Å². The van der Waals surface area contributed by atoms with Gasteiger partial charge in [0, 0.05) is 6.42 Å². The summed E-state index contributed by atoms with van der Waals surface area (Å²) in [5.41, 5.74) is -1.03. The maximum Gasteiger partial charge on any atom is 0.168 e. The molecule has 0 aromatic heterocycles. The van der Waals surface area contributed by atoms with Crippen molar-refractivity contribution in [3.05, 3.63) is 34.6 Å². The highest BCUT2D eigenvalue weighted by Gasteiger charge is 2.35. The van der Waals surface area contributed by atoms with Crippen molar-refractivity contribution in [2.75, 3.05) is 0 Å². The van der Waals surface area contributed by atoms with Crippen molar-refractivity contribution < 1.29 is 14.3 Å². The number of ketones is 1. The average molecular weight is 285 g/mol. The van der Waals surface area contributed by atoms with E-state index in [2.05, 4.69) is 0 Å². The topological polar surface area (TPSA) is 37.3 Å². The van der Waals surface area contributed by atoms with E-state index in [1.54, 1.807) is 12.1 Å². The third-order valence-corrected chi connectivity index (χ3v) is 4.12. The zero-order valence-electron chi connectivity index (χ0n) is 10.8. The quantitative estimate of drug-likeness (QED) is 0.860. The summed E-state index contributed by atoms with van der Waals surface area (Å²) in [5.74, 6) is -0.856. The van der Waals surface area contributed by atoms with Crippen LogP contribution in [0.3, 0.4) is 0 Å². The van der Waals surface area contributed by atoms with Crippen molar-refractivity contribution in [2.45, 2.75) is 50.5 Å². The van der Waals surface area contributed by atoms with Crippen molar-refractivity contribution >= 4 is 17.4 Å². The molecule has 1 N–H and O–H groups in total. The molecule has 104 valence electrons. The summed E-state index contributed by atoms with van der Waals surface area (Å²) < 4.78 is 13.8. The second-order valence-electron chi connectivity index (χ2n) is 5.26. The average Bonchev–Trinajstić information content (AvgIpc) is 2.61. The van der Waals surface area contributed by atoms with E-state index in [0.29, 0.717) is 12.8 Å². The number of halogens is 2. The second kappa shape index (κ2) is 6.02. The van der Waals surface area contributed by atoms with Crippen molar-refractivity contribution in [1.29, 1.82) is 0 Å². The summed E-state index contributed by atoms with van der Waals surface area (Å²) in [6, 6.07) is 4.61. The fourth-order valence-electron chi connectivity index (χ4n) is 2.61. The molecule has 1 aliphatic carbocycles. The summed E-state index contributed by atoms with van der Waals surface area (Å²) in [6.45, 7) is 0. The van der Waals surface area contributed by atoms with E-state index >= 15 is 0 Å². The Morgan fingerprint density at radius 1 is 1.26 bits per heavy atom. The van der Waals surface area contributed by atoms with Gasteiger partial charge in [-0.25, -0.2) is 4.39 Å². The predicted octanol–water partition coefficient (Wildman–Crippen LogP) is 3.68. The van der Waals surface area contributed by atoms with Gasteiger partial charge in [0.2, 0.25) is 0 Å². The van der Waals surface area contributed by atoms with Crippen molar-refractivity contribution in [1.82, 2.24) is 0 Å². The van der Waals surface area contributed by atoms with Gasteiger partial charge >= 0.3 is 0 Å². The van der Waals surface area contributed by atoms with Crippen molar-refractivity contribution in [3.63, 3.8) is 0 Å². The lowest BCUT2D eigenvalue weighted by Crippen LogP contribution is -2.39. The van der Waals surface area contributed by atoms with Gasteiger partial charge in [-0.05, 0) is 24.5 Å². The second-order valence-corrected chi connectivity index (χ2v) is 5.67. The van der Waals surface area contributed by atoms with Crippen LogP contribution in [-0.2, 0) is 11.2 Å². The summed E-state index contributed by atoms with van der Waals surface area (Å²) in [5, 5.41) is 10.4. The minimum atomic E-state index is -1.29. The standard InChI is InChI=1S/C15H18ClFO2/c16-12-7-5-6-11(14(12)17)10-13(18)15(19)8-3-1-2-4-9-15/h5-7,19H,1-4,8-10H2. The number of hydrogen-bond donors (Lipinski definition) is 1. The molecule has 19 heavy (non-hydrogen) atoms. The number of aliphatic hydroxyl groups is 1. The van der Waals surface area contributed by atoms with Gasteiger partial charge in [0.25, 0.3) is 0 Å². The predicted molar refractivity (Wildman–Crippen MR) is 72.8 cm³/mol. The molecule has 1 fully saturated rings. The number of carbonyl (C=O) groups is 1. The van der Waals surface area contributed by atoms with Crippen LogP contribution in [-0.4, -0.2) is 16.5 Å². The third-order valence-electron chi connectivity index (χ3n) is 3.83. The van der Waals surface area contributed by atoms with E-state index in [9.17, 15) is 14.3 Å². The van der Waals surface area contributed by atoms with E-state index in [1.165, 1.54) is 6.07 Å². The first-order valence-corrected chi connectivity index (χ1v) is 7.09. The lowest BCUT2D eigenvalue weighted by molar-refractivity contribution is -0.138. The van der Waals surface area contributed by atoms with Crippen LogP contribution < -0.4 is 0 Å². The first-order valence-electron chi connectivity index (χ1n) is 6.71. The molecule has 0 heterocycles. The number of benzene rings is 1. The Morgan fingerprint density at radius 3 is 2.53 bits per heavy atom. The van der Waals surface area contributed by atoms with Crippen LogP contribution in [0.4, 0.5) is 4.39 Å². The lowest BCUT2D eigenvalue weighted by Gasteiger charge is -2.25. The van der Waals surface area contributed by atoms with E-state index in [-0.39, 0.29) is 22.8 Å². The van der Waals surface area contributed by atoms with Gasteiger partial charge < -0.3 is 5.11 Å². The van der Waals surface area contributed by atoms with Crippen molar-refractivity contribution in [3.8, 4) is 0 Å². The summed E-state index contributed by atoms with van der Waals surface area (Å²) in [6.07, 6.45) is 4.65. The third kappa shape index (κ3) is 3.34. The normalized spacial score (nSPS) is 18.9. The van der Waals surface area contributed by atoms with Gasteiger partial charge in [-0.1, -0.05) is 49.4 Å². The number of carbonyl (C=O) groups excluding carboxylic acids is 1. The SMILES string of the molecule is O=C(Cc1cccc(Cl)c1F)C1(O)CCCCCC1. The number of hydrogen-bond acceptors (Lipinski definition) is 2. The molecule has 0 spiro atoms. The molecule has 1 aromatic carbocycles. The molecule has 0 unspecified atom stereocenters. The molecule has 2 nitrogen and oxygen atoms in total. The van der Waals surface area contributed by atoms with Gasteiger partial charge in [0.05, 0.1) is 5.02 Å². The summed E-state index contributed by atoms with van der Waals surface area (Å²) >= 11 is 5.70. The first kappa shape index (κ1) is 14.5. The molecular formula is C15H18ClFO2. The maximum absolute atomic E-state index is 13.8. The Hall–Kier alpha value is -0.930. The lowest BCUT2D eigenvalue weighted by atomic mass is 9.86. The van der Waals surface area contributed by atoms with Crippen LogP contribution in [0, 0.1) is 5.82 Å². The maximum atomic E-state index is 13.8. The molecule has 1 aromatic rings. The molecule has 0 amide bonds. The molecule has 0 radical (unpaired) electrons. The van der Waals surface area contributed by atoms with Gasteiger partial charge in [0.15, 0.2) is 5.78 Å². The highest BCUT2D eigenvalue weighted by atomic mass is 35.5. The molecule has 0 aliphatic heterocycles. The molecular weight excluding hydrogens is 267 g/mol. The Balaban J connectivity index is 2.13. The van der Waals surface area contributed by atoms with Crippen LogP contribution in [0.2, 0.25) is 5.02 Å². The number of rotatable bonds is 3.